The monoisotopic (exact) mass is 281 g/mol. The first-order valence-corrected chi connectivity index (χ1v) is 6.52. The highest BCUT2D eigenvalue weighted by Crippen LogP contribution is 2.22. The number of nitrogens with zero attached hydrogens (tertiary/aromatic N) is 4. The predicted molar refractivity (Wildman–Crippen MR) is 72.1 cm³/mol. The molecule has 1 unspecified atom stereocenters. The lowest BCUT2D eigenvalue weighted by Crippen LogP contribution is -2.44. The van der Waals surface area contributed by atoms with Crippen LogP contribution in [0.5, 0.6) is 0 Å². The number of aromatic nitrogens is 2. The quantitative estimate of drug-likeness (QED) is 0.828. The van der Waals surface area contributed by atoms with E-state index >= 15 is 0 Å². The van der Waals surface area contributed by atoms with Crippen molar-refractivity contribution in [2.45, 2.75) is 12.5 Å². The SMILES string of the molecule is CNc1ncnc(Cl)c1CC(C#N)N1CCOCC1. The van der Waals surface area contributed by atoms with E-state index in [2.05, 4.69) is 26.3 Å². The number of anilines is 1. The molecular formula is C12H16ClN5O. The summed E-state index contributed by atoms with van der Waals surface area (Å²) in [4.78, 5) is 10.2. The van der Waals surface area contributed by atoms with Crippen LogP contribution in [-0.4, -0.2) is 54.3 Å². The number of halogens is 1. The second-order valence-corrected chi connectivity index (χ2v) is 4.60. The van der Waals surface area contributed by atoms with Crippen LogP contribution in [0, 0.1) is 11.3 Å². The Balaban J connectivity index is 2.16. The van der Waals surface area contributed by atoms with E-state index in [9.17, 15) is 5.26 Å². The van der Waals surface area contributed by atoms with Crippen LogP contribution in [0.25, 0.3) is 0 Å². The van der Waals surface area contributed by atoms with Gasteiger partial charge >= 0.3 is 0 Å². The topological polar surface area (TPSA) is 74.1 Å². The summed E-state index contributed by atoms with van der Waals surface area (Å²) in [6.45, 7) is 2.85. The summed E-state index contributed by atoms with van der Waals surface area (Å²) in [5.41, 5.74) is 0.782. The minimum atomic E-state index is -0.237. The first-order valence-electron chi connectivity index (χ1n) is 6.14. The molecule has 102 valence electrons. The Hall–Kier alpha value is -1.42. The molecule has 19 heavy (non-hydrogen) atoms. The number of nitrogens with one attached hydrogen (secondary N) is 1. The minimum Gasteiger partial charge on any atom is -0.379 e. The van der Waals surface area contributed by atoms with E-state index in [1.807, 2.05) is 0 Å². The third-order valence-corrected chi connectivity index (χ3v) is 3.49. The van der Waals surface area contributed by atoms with Crippen molar-refractivity contribution in [3.05, 3.63) is 17.0 Å². The molecular weight excluding hydrogens is 266 g/mol. The van der Waals surface area contributed by atoms with E-state index in [1.54, 1.807) is 7.05 Å². The first-order chi connectivity index (χ1) is 9.26. The molecule has 0 radical (unpaired) electrons. The second-order valence-electron chi connectivity index (χ2n) is 4.24. The average Bonchev–Trinajstić information content (AvgIpc) is 2.46. The Kier molecular flexibility index (Phi) is 4.91. The summed E-state index contributed by atoms with van der Waals surface area (Å²) in [5.74, 6) is 0.675. The molecule has 0 amide bonds. The normalized spacial score (nSPS) is 17.7. The van der Waals surface area contributed by atoms with Crippen LogP contribution in [0.15, 0.2) is 6.33 Å². The van der Waals surface area contributed by atoms with Crippen molar-refractivity contribution in [3.8, 4) is 6.07 Å². The van der Waals surface area contributed by atoms with Crippen LogP contribution in [0.1, 0.15) is 5.56 Å². The van der Waals surface area contributed by atoms with Gasteiger partial charge in [0, 0.05) is 32.1 Å². The van der Waals surface area contributed by atoms with Gasteiger partial charge in [-0.15, -0.1) is 0 Å². The minimum absolute atomic E-state index is 0.237. The van der Waals surface area contributed by atoms with E-state index in [0.717, 1.165) is 18.7 Å². The zero-order valence-corrected chi connectivity index (χ0v) is 11.5. The fourth-order valence-electron chi connectivity index (χ4n) is 2.13. The number of hydrogen-bond donors (Lipinski definition) is 1. The molecule has 1 aliphatic rings. The van der Waals surface area contributed by atoms with Crippen LogP contribution in [0.4, 0.5) is 5.82 Å². The fourth-order valence-corrected chi connectivity index (χ4v) is 2.34. The molecule has 0 bridgehead atoms. The molecule has 0 aliphatic carbocycles. The van der Waals surface area contributed by atoms with Crippen LogP contribution in [0.3, 0.4) is 0 Å². The zero-order chi connectivity index (χ0) is 13.7. The van der Waals surface area contributed by atoms with Crippen molar-refractivity contribution in [1.82, 2.24) is 14.9 Å². The van der Waals surface area contributed by atoms with E-state index in [1.165, 1.54) is 6.33 Å². The summed E-state index contributed by atoms with van der Waals surface area (Å²) < 4.78 is 5.30. The van der Waals surface area contributed by atoms with Crippen LogP contribution < -0.4 is 5.32 Å². The van der Waals surface area contributed by atoms with Crippen molar-refractivity contribution in [2.24, 2.45) is 0 Å². The molecule has 1 fully saturated rings. The Morgan fingerprint density at radius 2 is 2.26 bits per heavy atom. The maximum Gasteiger partial charge on any atom is 0.137 e. The lowest BCUT2D eigenvalue weighted by Gasteiger charge is -2.30. The molecule has 0 spiro atoms. The van der Waals surface area contributed by atoms with Gasteiger partial charge in [0.15, 0.2) is 0 Å². The molecule has 6 nitrogen and oxygen atoms in total. The predicted octanol–water partition coefficient (Wildman–Crippen LogP) is 0.939. The van der Waals surface area contributed by atoms with E-state index in [0.29, 0.717) is 30.6 Å². The van der Waals surface area contributed by atoms with Crippen molar-refractivity contribution in [2.75, 3.05) is 38.7 Å². The average molecular weight is 282 g/mol. The van der Waals surface area contributed by atoms with Gasteiger partial charge in [-0.05, 0) is 0 Å². The zero-order valence-electron chi connectivity index (χ0n) is 10.8. The van der Waals surface area contributed by atoms with Crippen molar-refractivity contribution < 1.29 is 4.74 Å². The maximum absolute atomic E-state index is 9.36. The van der Waals surface area contributed by atoms with Gasteiger partial charge < -0.3 is 10.1 Å². The summed E-state index contributed by atoms with van der Waals surface area (Å²) >= 11 is 6.10. The van der Waals surface area contributed by atoms with E-state index in [4.69, 9.17) is 16.3 Å². The Bertz CT molecular complexity index is 470. The van der Waals surface area contributed by atoms with Gasteiger partial charge in [0.1, 0.15) is 23.3 Å². The van der Waals surface area contributed by atoms with Crippen LogP contribution in [-0.2, 0) is 11.2 Å². The summed E-state index contributed by atoms with van der Waals surface area (Å²) in [7, 11) is 1.78. The Labute approximate surface area is 117 Å². The standard InChI is InChI=1S/C12H16ClN5O/c1-15-12-10(11(13)16-8-17-12)6-9(7-14)18-2-4-19-5-3-18/h8-9H,2-6H2,1H3,(H,15,16,17). The third-order valence-electron chi connectivity index (χ3n) is 3.16. The van der Waals surface area contributed by atoms with Crippen molar-refractivity contribution >= 4 is 17.4 Å². The Morgan fingerprint density at radius 3 is 2.89 bits per heavy atom. The number of rotatable bonds is 4. The molecule has 2 heterocycles. The Morgan fingerprint density at radius 1 is 1.53 bits per heavy atom. The van der Waals surface area contributed by atoms with Crippen LogP contribution >= 0.6 is 11.6 Å². The molecule has 1 N–H and O–H groups in total. The molecule has 1 aromatic rings. The molecule has 7 heteroatoms. The van der Waals surface area contributed by atoms with Gasteiger partial charge in [0.25, 0.3) is 0 Å². The summed E-state index contributed by atoms with van der Waals surface area (Å²) in [6.07, 6.45) is 1.92. The second kappa shape index (κ2) is 6.66. The number of hydrogen-bond acceptors (Lipinski definition) is 6. The van der Waals surface area contributed by atoms with Gasteiger partial charge in [-0.2, -0.15) is 5.26 Å². The smallest absolute Gasteiger partial charge is 0.137 e. The molecule has 1 atom stereocenters. The van der Waals surface area contributed by atoms with E-state index < -0.39 is 0 Å². The number of morpholine rings is 1. The van der Waals surface area contributed by atoms with Gasteiger partial charge in [0.05, 0.1) is 19.3 Å². The van der Waals surface area contributed by atoms with Gasteiger partial charge in [-0.25, -0.2) is 9.97 Å². The highest BCUT2D eigenvalue weighted by molar-refractivity contribution is 6.30. The number of nitriles is 1. The van der Waals surface area contributed by atoms with Gasteiger partial charge in [0.2, 0.25) is 0 Å². The van der Waals surface area contributed by atoms with Gasteiger partial charge in [-0.3, -0.25) is 4.90 Å². The van der Waals surface area contributed by atoms with Crippen molar-refractivity contribution in [1.29, 1.82) is 5.26 Å². The first kappa shape index (κ1) is 14.0. The molecule has 0 saturated carbocycles. The molecule has 1 saturated heterocycles. The molecule has 1 aliphatic heterocycles. The highest BCUT2D eigenvalue weighted by Gasteiger charge is 2.23. The molecule has 2 rings (SSSR count). The third kappa shape index (κ3) is 3.32. The van der Waals surface area contributed by atoms with Crippen LogP contribution in [0.2, 0.25) is 5.15 Å². The lowest BCUT2D eigenvalue weighted by atomic mass is 10.1. The van der Waals surface area contributed by atoms with Gasteiger partial charge in [-0.1, -0.05) is 11.6 Å². The summed E-state index contributed by atoms with van der Waals surface area (Å²) in [5, 5.41) is 12.7. The fraction of sp³-hybridized carbons (Fsp3) is 0.583. The largest absolute Gasteiger partial charge is 0.379 e. The van der Waals surface area contributed by atoms with Crippen molar-refractivity contribution in [3.63, 3.8) is 0 Å². The molecule has 0 aromatic carbocycles. The maximum atomic E-state index is 9.36. The highest BCUT2D eigenvalue weighted by atomic mass is 35.5. The molecule has 1 aromatic heterocycles. The lowest BCUT2D eigenvalue weighted by molar-refractivity contribution is 0.0270. The summed E-state index contributed by atoms with van der Waals surface area (Å²) in [6, 6.07) is 2.09. The van der Waals surface area contributed by atoms with E-state index in [-0.39, 0.29) is 6.04 Å². The number of ether oxygens (including phenoxy) is 1.